The lowest BCUT2D eigenvalue weighted by molar-refractivity contribution is 0.0690. The van der Waals surface area contributed by atoms with Crippen molar-refractivity contribution in [2.75, 3.05) is 0 Å². The molecule has 7 heteroatoms. The minimum absolute atomic E-state index is 0.0183. The van der Waals surface area contributed by atoms with Gasteiger partial charge in [0.2, 0.25) is 5.82 Å². The second kappa shape index (κ2) is 7.47. The van der Waals surface area contributed by atoms with E-state index in [1.165, 1.54) is 10.9 Å². The first kappa shape index (κ1) is 16.7. The van der Waals surface area contributed by atoms with Crippen molar-refractivity contribution < 1.29 is 9.90 Å². The Balaban J connectivity index is 0.00000106. The van der Waals surface area contributed by atoms with E-state index < -0.39 is 5.97 Å². The van der Waals surface area contributed by atoms with Crippen molar-refractivity contribution in [3.05, 3.63) is 23.5 Å². The molecule has 0 aliphatic rings. The van der Waals surface area contributed by atoms with E-state index in [4.69, 9.17) is 5.11 Å². The second-order valence-corrected chi connectivity index (χ2v) is 4.75. The number of hydrogen-bond acceptors (Lipinski definition) is 5. The number of carboxylic acid groups (broad SMARTS) is 1. The lowest BCUT2D eigenvalue weighted by Crippen LogP contribution is -2.08. The van der Waals surface area contributed by atoms with Crippen LogP contribution in [0.1, 0.15) is 43.9 Å². The number of carboxylic acids is 1. The average molecular weight is 291 g/mol. The van der Waals surface area contributed by atoms with Gasteiger partial charge < -0.3 is 5.11 Å². The van der Waals surface area contributed by atoms with Crippen LogP contribution in [0.2, 0.25) is 0 Å². The van der Waals surface area contributed by atoms with Crippen LogP contribution in [0.25, 0.3) is 11.4 Å². The molecule has 0 unspecified atom stereocenters. The summed E-state index contributed by atoms with van der Waals surface area (Å²) in [7, 11) is 0. The number of rotatable bonds is 4. The lowest BCUT2D eigenvalue weighted by Gasteiger charge is -2.01. The predicted molar refractivity (Wildman–Crippen MR) is 78.9 cm³/mol. The maximum Gasteiger partial charge on any atom is 0.354 e. The van der Waals surface area contributed by atoms with E-state index in [-0.39, 0.29) is 5.69 Å². The van der Waals surface area contributed by atoms with E-state index >= 15 is 0 Å². The quantitative estimate of drug-likeness (QED) is 0.929. The third kappa shape index (κ3) is 4.62. The third-order valence-corrected chi connectivity index (χ3v) is 2.41. The van der Waals surface area contributed by atoms with Crippen LogP contribution in [0.4, 0.5) is 0 Å². The second-order valence-electron chi connectivity index (χ2n) is 4.75. The van der Waals surface area contributed by atoms with Crippen LogP contribution in [-0.4, -0.2) is 36.3 Å². The molecule has 0 fully saturated rings. The van der Waals surface area contributed by atoms with Gasteiger partial charge in [-0.05, 0) is 30.2 Å². The Bertz CT molecular complexity index is 607. The monoisotopic (exact) mass is 291 g/mol. The number of aryl methyl sites for hydroxylation is 1. The highest BCUT2D eigenvalue weighted by molar-refractivity contribution is 5.86. The summed E-state index contributed by atoms with van der Waals surface area (Å²) in [6, 6.07) is 3.19. The Hall–Kier alpha value is -2.31. The van der Waals surface area contributed by atoms with Gasteiger partial charge in [0.1, 0.15) is 5.69 Å². The van der Waals surface area contributed by atoms with Gasteiger partial charge in [0, 0.05) is 11.3 Å². The predicted octanol–water partition coefficient (Wildman–Crippen LogP) is 2.42. The Morgan fingerprint density at radius 2 is 2.00 bits per heavy atom. The molecule has 0 aromatic carbocycles. The first-order valence-corrected chi connectivity index (χ1v) is 6.96. The smallest absolute Gasteiger partial charge is 0.354 e. The molecule has 114 valence electrons. The minimum atomic E-state index is -1.07. The molecular formula is C14H21N5O2. The highest BCUT2D eigenvalue weighted by Crippen LogP contribution is 2.16. The van der Waals surface area contributed by atoms with Crippen LogP contribution in [0.5, 0.6) is 0 Å². The summed E-state index contributed by atoms with van der Waals surface area (Å²) in [5, 5.41) is 21.1. The topological polar surface area (TPSA) is 93.8 Å². The van der Waals surface area contributed by atoms with Gasteiger partial charge in [0.05, 0.1) is 6.54 Å². The molecule has 0 atom stereocenters. The van der Waals surface area contributed by atoms with Gasteiger partial charge in [-0.2, -0.15) is 4.80 Å². The summed E-state index contributed by atoms with van der Waals surface area (Å²) in [4.78, 5) is 16.4. The van der Waals surface area contributed by atoms with Crippen molar-refractivity contribution in [3.8, 4) is 11.4 Å². The van der Waals surface area contributed by atoms with Crippen LogP contribution in [0.15, 0.2) is 12.1 Å². The summed E-state index contributed by atoms with van der Waals surface area (Å²) >= 11 is 0. The molecule has 2 aromatic rings. The number of hydrogen-bond donors (Lipinski definition) is 1. The van der Waals surface area contributed by atoms with E-state index in [0.29, 0.717) is 29.5 Å². The van der Waals surface area contributed by atoms with Crippen LogP contribution in [-0.2, 0) is 6.54 Å². The first-order valence-electron chi connectivity index (χ1n) is 6.96. The number of carbonyl (C=O) groups is 1. The van der Waals surface area contributed by atoms with Gasteiger partial charge in [0.15, 0.2) is 0 Å². The Kier molecular flexibility index (Phi) is 5.95. The van der Waals surface area contributed by atoms with Crippen LogP contribution >= 0.6 is 0 Å². The van der Waals surface area contributed by atoms with Crippen LogP contribution in [0.3, 0.4) is 0 Å². The van der Waals surface area contributed by atoms with Crippen LogP contribution in [0, 0.1) is 12.8 Å². The molecule has 2 rings (SSSR count). The van der Waals surface area contributed by atoms with Crippen molar-refractivity contribution in [2.24, 2.45) is 5.92 Å². The van der Waals surface area contributed by atoms with Gasteiger partial charge >= 0.3 is 5.97 Å². The summed E-state index contributed by atoms with van der Waals surface area (Å²) in [6.45, 7) is 10.5. The summed E-state index contributed by atoms with van der Waals surface area (Å²) < 4.78 is 0. The molecule has 0 aliphatic carbocycles. The average Bonchev–Trinajstić information content (AvgIpc) is 2.88. The molecule has 0 spiro atoms. The maximum absolute atomic E-state index is 11.0. The van der Waals surface area contributed by atoms with Gasteiger partial charge in [0.25, 0.3) is 0 Å². The van der Waals surface area contributed by atoms with E-state index in [0.717, 1.165) is 0 Å². The van der Waals surface area contributed by atoms with Gasteiger partial charge in [-0.25, -0.2) is 9.78 Å². The van der Waals surface area contributed by atoms with Crippen molar-refractivity contribution in [1.82, 2.24) is 25.2 Å². The molecule has 1 N–H and O–H groups in total. The zero-order valence-corrected chi connectivity index (χ0v) is 13.0. The fourth-order valence-electron chi connectivity index (χ4n) is 1.67. The third-order valence-electron chi connectivity index (χ3n) is 2.41. The normalized spacial score (nSPS) is 10.2. The van der Waals surface area contributed by atoms with Crippen molar-refractivity contribution in [1.29, 1.82) is 0 Å². The molecule has 7 nitrogen and oxygen atoms in total. The maximum atomic E-state index is 11.0. The zero-order chi connectivity index (χ0) is 16.0. The van der Waals surface area contributed by atoms with E-state index in [1.807, 2.05) is 13.8 Å². The lowest BCUT2D eigenvalue weighted by atomic mass is 10.2. The van der Waals surface area contributed by atoms with Gasteiger partial charge in [-0.3, -0.25) is 0 Å². The van der Waals surface area contributed by atoms with Gasteiger partial charge in [-0.1, -0.05) is 27.7 Å². The molecule has 0 aliphatic heterocycles. The molecule has 0 amide bonds. The molecular weight excluding hydrogens is 270 g/mol. The Morgan fingerprint density at radius 3 is 2.57 bits per heavy atom. The Labute approximate surface area is 124 Å². The fourth-order valence-corrected chi connectivity index (χ4v) is 1.67. The Morgan fingerprint density at radius 1 is 1.33 bits per heavy atom. The molecule has 0 saturated heterocycles. The standard InChI is InChI=1S/C12H15N5O2.C2H6/c1-7(2)6-17-15-11(14-16-17)9-4-8(3)13-10(5-9)12(18)19;1-2/h4-5,7H,6H2,1-3H3,(H,18,19);1-2H3. The first-order chi connectivity index (χ1) is 9.95. The highest BCUT2D eigenvalue weighted by Gasteiger charge is 2.12. The van der Waals surface area contributed by atoms with Crippen molar-refractivity contribution in [2.45, 2.75) is 41.2 Å². The SMILES string of the molecule is CC.Cc1cc(-c2nnn(CC(C)C)n2)cc(C(=O)O)n1. The fraction of sp³-hybridized carbons (Fsp3) is 0.500. The molecule has 0 bridgehead atoms. The van der Waals surface area contributed by atoms with E-state index in [2.05, 4.69) is 34.2 Å². The van der Waals surface area contributed by atoms with Crippen molar-refractivity contribution >= 4 is 5.97 Å². The van der Waals surface area contributed by atoms with Crippen LogP contribution < -0.4 is 0 Å². The zero-order valence-electron chi connectivity index (χ0n) is 13.0. The minimum Gasteiger partial charge on any atom is -0.477 e. The molecule has 2 heterocycles. The highest BCUT2D eigenvalue weighted by atomic mass is 16.4. The largest absolute Gasteiger partial charge is 0.477 e. The summed E-state index contributed by atoms with van der Waals surface area (Å²) in [5.74, 6) is -0.246. The van der Waals surface area contributed by atoms with Crippen molar-refractivity contribution in [3.63, 3.8) is 0 Å². The van der Waals surface area contributed by atoms with Gasteiger partial charge in [-0.15, -0.1) is 10.2 Å². The summed E-state index contributed by atoms with van der Waals surface area (Å²) in [5.41, 5.74) is 1.20. The number of aromatic nitrogens is 5. The summed E-state index contributed by atoms with van der Waals surface area (Å²) in [6.07, 6.45) is 0. The molecule has 2 aromatic heterocycles. The van der Waals surface area contributed by atoms with E-state index in [9.17, 15) is 4.79 Å². The number of aromatic carboxylic acids is 1. The van der Waals surface area contributed by atoms with E-state index in [1.54, 1.807) is 13.0 Å². The molecule has 21 heavy (non-hydrogen) atoms. The number of nitrogens with zero attached hydrogens (tertiary/aromatic N) is 5. The molecule has 0 saturated carbocycles. The molecule has 0 radical (unpaired) electrons. The number of pyridine rings is 1. The number of tetrazole rings is 1.